The van der Waals surface area contributed by atoms with Gasteiger partial charge in [-0.1, -0.05) is 17.7 Å². The van der Waals surface area contributed by atoms with Crippen LogP contribution in [-0.2, 0) is 9.59 Å². The van der Waals surface area contributed by atoms with Crippen molar-refractivity contribution in [2.24, 2.45) is 0 Å². The zero-order valence-electron chi connectivity index (χ0n) is 15.9. The van der Waals surface area contributed by atoms with Gasteiger partial charge >= 0.3 is 0 Å². The zero-order chi connectivity index (χ0) is 20.7. The summed E-state index contributed by atoms with van der Waals surface area (Å²) in [6, 6.07) is 10.5. The molecule has 0 aliphatic heterocycles. The monoisotopic (exact) mass is 447 g/mol. The van der Waals surface area contributed by atoms with Gasteiger partial charge in [-0.2, -0.15) is 0 Å². The molecule has 0 saturated heterocycles. The average molecular weight is 448 g/mol. The standard InChI is InChI=1S/C20H22BrN3O4/c1-12-4-6-16(13(2)10-12)22-18(25)8-9-19(26)23-24-20(27)14-5-7-17(28-3)15(21)11-14/h4-7,10-11H,8-9H2,1-3H3,(H,22,25)(H,23,26)(H,24,27). The van der Waals surface area contributed by atoms with Crippen molar-refractivity contribution in [2.75, 3.05) is 12.4 Å². The second kappa shape index (κ2) is 9.89. The number of nitrogens with one attached hydrogen (secondary N) is 3. The van der Waals surface area contributed by atoms with Gasteiger partial charge < -0.3 is 10.1 Å². The van der Waals surface area contributed by atoms with Crippen molar-refractivity contribution in [1.29, 1.82) is 0 Å². The molecule has 0 heterocycles. The van der Waals surface area contributed by atoms with Gasteiger partial charge in [0, 0.05) is 24.1 Å². The highest BCUT2D eigenvalue weighted by molar-refractivity contribution is 9.10. The van der Waals surface area contributed by atoms with Crippen molar-refractivity contribution >= 4 is 39.3 Å². The summed E-state index contributed by atoms with van der Waals surface area (Å²) in [6.45, 7) is 3.88. The Bertz CT molecular complexity index is 899. The van der Waals surface area contributed by atoms with Crippen LogP contribution in [0.3, 0.4) is 0 Å². The normalized spacial score (nSPS) is 10.1. The fraction of sp³-hybridized carbons (Fsp3) is 0.250. The Morgan fingerprint density at radius 1 is 0.964 bits per heavy atom. The number of rotatable bonds is 6. The van der Waals surface area contributed by atoms with Crippen LogP contribution in [0.25, 0.3) is 0 Å². The fourth-order valence-corrected chi connectivity index (χ4v) is 3.00. The molecular formula is C20H22BrN3O4. The minimum atomic E-state index is -0.476. The maximum absolute atomic E-state index is 12.1. The number of methoxy groups -OCH3 is 1. The van der Waals surface area contributed by atoms with Crippen molar-refractivity contribution in [3.63, 3.8) is 0 Å². The largest absolute Gasteiger partial charge is 0.496 e. The van der Waals surface area contributed by atoms with Gasteiger partial charge in [0.15, 0.2) is 0 Å². The van der Waals surface area contributed by atoms with Crippen molar-refractivity contribution in [2.45, 2.75) is 26.7 Å². The lowest BCUT2D eigenvalue weighted by atomic mass is 10.1. The molecule has 7 nitrogen and oxygen atoms in total. The summed E-state index contributed by atoms with van der Waals surface area (Å²) >= 11 is 3.30. The zero-order valence-corrected chi connectivity index (χ0v) is 17.5. The lowest BCUT2D eigenvalue weighted by Gasteiger charge is -2.10. The van der Waals surface area contributed by atoms with Crippen molar-refractivity contribution in [3.8, 4) is 5.75 Å². The maximum atomic E-state index is 12.1. The van der Waals surface area contributed by atoms with E-state index in [1.807, 2.05) is 32.0 Å². The predicted octanol–water partition coefficient (Wildman–Crippen LogP) is 3.25. The molecule has 2 aromatic carbocycles. The van der Waals surface area contributed by atoms with Crippen molar-refractivity contribution < 1.29 is 19.1 Å². The predicted molar refractivity (Wildman–Crippen MR) is 110 cm³/mol. The van der Waals surface area contributed by atoms with Gasteiger partial charge in [-0.3, -0.25) is 25.2 Å². The lowest BCUT2D eigenvalue weighted by Crippen LogP contribution is -2.41. The number of hydrazine groups is 1. The van der Waals surface area contributed by atoms with Crippen LogP contribution in [0.1, 0.15) is 34.3 Å². The van der Waals surface area contributed by atoms with Crippen LogP contribution >= 0.6 is 15.9 Å². The van der Waals surface area contributed by atoms with Crippen LogP contribution in [0.2, 0.25) is 0 Å². The number of hydrogen-bond acceptors (Lipinski definition) is 4. The van der Waals surface area contributed by atoms with E-state index in [-0.39, 0.29) is 18.7 Å². The molecule has 8 heteroatoms. The second-order valence-corrected chi connectivity index (χ2v) is 7.07. The first-order valence-electron chi connectivity index (χ1n) is 8.60. The van der Waals surface area contributed by atoms with Crippen molar-refractivity contribution in [1.82, 2.24) is 10.9 Å². The summed E-state index contributed by atoms with van der Waals surface area (Å²) in [4.78, 5) is 36.0. The molecule has 0 aliphatic carbocycles. The molecule has 0 saturated carbocycles. The summed E-state index contributed by atoms with van der Waals surface area (Å²) in [5.41, 5.74) is 7.75. The van der Waals surface area contributed by atoms with E-state index in [0.29, 0.717) is 15.8 Å². The molecule has 3 N–H and O–H groups in total. The molecule has 0 atom stereocenters. The topological polar surface area (TPSA) is 96.5 Å². The van der Waals surface area contributed by atoms with E-state index < -0.39 is 11.8 Å². The Morgan fingerprint density at radius 2 is 1.68 bits per heavy atom. The Balaban J connectivity index is 1.78. The number of halogens is 1. The van der Waals surface area contributed by atoms with Gasteiger partial charge in [0.05, 0.1) is 11.6 Å². The molecule has 0 bridgehead atoms. The van der Waals surface area contributed by atoms with Gasteiger partial charge in [0.1, 0.15) is 5.75 Å². The van der Waals surface area contributed by atoms with E-state index in [0.717, 1.165) is 16.8 Å². The molecule has 0 aromatic heterocycles. The number of benzene rings is 2. The summed E-state index contributed by atoms with van der Waals surface area (Å²) in [5, 5.41) is 2.78. The van der Waals surface area contributed by atoms with Crippen LogP contribution in [0.15, 0.2) is 40.9 Å². The summed E-state index contributed by atoms with van der Waals surface area (Å²) in [5.74, 6) is -0.615. The minimum Gasteiger partial charge on any atom is -0.496 e. The molecule has 0 spiro atoms. The lowest BCUT2D eigenvalue weighted by molar-refractivity contribution is -0.124. The molecule has 0 aliphatic rings. The van der Waals surface area contributed by atoms with E-state index in [9.17, 15) is 14.4 Å². The molecule has 148 valence electrons. The smallest absolute Gasteiger partial charge is 0.269 e. The Hall–Kier alpha value is -2.87. The van der Waals surface area contributed by atoms with Crippen LogP contribution in [-0.4, -0.2) is 24.8 Å². The summed E-state index contributed by atoms with van der Waals surface area (Å²) < 4.78 is 5.72. The van der Waals surface area contributed by atoms with E-state index in [1.54, 1.807) is 18.2 Å². The molecule has 0 radical (unpaired) electrons. The van der Waals surface area contributed by atoms with Gasteiger partial charge in [0.2, 0.25) is 11.8 Å². The van der Waals surface area contributed by atoms with Gasteiger partial charge in [-0.05, 0) is 59.6 Å². The first-order valence-corrected chi connectivity index (χ1v) is 9.39. The minimum absolute atomic E-state index is 0.00308. The molecule has 2 aromatic rings. The number of hydrogen-bond donors (Lipinski definition) is 3. The van der Waals surface area contributed by atoms with Crippen LogP contribution < -0.4 is 20.9 Å². The van der Waals surface area contributed by atoms with E-state index in [2.05, 4.69) is 32.1 Å². The number of aryl methyl sites for hydroxylation is 2. The second-order valence-electron chi connectivity index (χ2n) is 6.22. The highest BCUT2D eigenvalue weighted by Gasteiger charge is 2.12. The average Bonchev–Trinajstić information content (AvgIpc) is 2.66. The van der Waals surface area contributed by atoms with Gasteiger partial charge in [-0.15, -0.1) is 0 Å². The molecule has 2 rings (SSSR count). The Morgan fingerprint density at radius 3 is 2.32 bits per heavy atom. The summed E-state index contributed by atoms with van der Waals surface area (Å²) in [6.07, 6.45) is -0.0492. The third-order valence-electron chi connectivity index (χ3n) is 3.96. The molecule has 0 fully saturated rings. The first kappa shape index (κ1) is 21.4. The van der Waals surface area contributed by atoms with Crippen molar-refractivity contribution in [3.05, 3.63) is 57.6 Å². The van der Waals surface area contributed by atoms with E-state index >= 15 is 0 Å². The number of carbonyl (C=O) groups is 3. The molecule has 28 heavy (non-hydrogen) atoms. The van der Waals surface area contributed by atoms with Crippen LogP contribution in [0.4, 0.5) is 5.69 Å². The molecule has 0 unspecified atom stereocenters. The highest BCUT2D eigenvalue weighted by Crippen LogP contribution is 2.25. The Labute approximate surface area is 171 Å². The van der Waals surface area contributed by atoms with Crippen LogP contribution in [0, 0.1) is 13.8 Å². The summed E-state index contributed by atoms with van der Waals surface area (Å²) in [7, 11) is 1.52. The fourth-order valence-electron chi connectivity index (χ4n) is 2.46. The third kappa shape index (κ3) is 6.09. The highest BCUT2D eigenvalue weighted by atomic mass is 79.9. The van der Waals surface area contributed by atoms with Crippen LogP contribution in [0.5, 0.6) is 5.75 Å². The van der Waals surface area contributed by atoms with Gasteiger partial charge in [-0.25, -0.2) is 0 Å². The third-order valence-corrected chi connectivity index (χ3v) is 4.58. The first-order chi connectivity index (χ1) is 13.3. The van der Waals surface area contributed by atoms with E-state index in [1.165, 1.54) is 7.11 Å². The quantitative estimate of drug-likeness (QED) is 0.592. The molecular weight excluding hydrogens is 426 g/mol. The number of carbonyl (C=O) groups excluding carboxylic acids is 3. The number of anilines is 1. The van der Waals surface area contributed by atoms with Gasteiger partial charge in [0.25, 0.3) is 5.91 Å². The molecule has 3 amide bonds. The maximum Gasteiger partial charge on any atom is 0.269 e. The van der Waals surface area contributed by atoms with E-state index in [4.69, 9.17) is 4.74 Å². The SMILES string of the molecule is COc1ccc(C(=O)NNC(=O)CCC(=O)Nc2ccc(C)cc2C)cc1Br. The number of amides is 3. The number of ether oxygens (including phenoxy) is 1. The Kier molecular flexibility index (Phi) is 7.57.